The molecule has 0 amide bonds. The molecule has 158 valence electrons. The highest BCUT2D eigenvalue weighted by Gasteiger charge is 2.63. The first-order valence-corrected chi connectivity index (χ1v) is 9.19. The Bertz CT molecular complexity index is 497. The molecule has 27 heavy (non-hydrogen) atoms. The zero-order valence-electron chi connectivity index (χ0n) is 16.5. The van der Waals surface area contributed by atoms with Crippen molar-refractivity contribution in [1.29, 1.82) is 0 Å². The summed E-state index contributed by atoms with van der Waals surface area (Å²) in [5, 5.41) is 31.8. The Morgan fingerprint density at radius 3 is 2.22 bits per heavy atom. The number of esters is 2. The van der Waals surface area contributed by atoms with Gasteiger partial charge in [0.1, 0.15) is 18.3 Å². The molecule has 5 atom stereocenters. The van der Waals surface area contributed by atoms with Gasteiger partial charge in [-0.2, -0.15) is 0 Å². The van der Waals surface area contributed by atoms with Crippen LogP contribution in [0.15, 0.2) is 0 Å². The van der Waals surface area contributed by atoms with Gasteiger partial charge in [0, 0.05) is 13.5 Å². The van der Waals surface area contributed by atoms with Crippen molar-refractivity contribution >= 4 is 11.9 Å². The minimum absolute atomic E-state index is 0.247. The molecule has 1 aliphatic heterocycles. The lowest BCUT2D eigenvalue weighted by molar-refractivity contribution is -0.267. The molecule has 0 saturated carbocycles. The van der Waals surface area contributed by atoms with Crippen molar-refractivity contribution in [3.05, 3.63) is 0 Å². The quantitative estimate of drug-likeness (QED) is 0.335. The Morgan fingerprint density at radius 1 is 1.07 bits per heavy atom. The number of aliphatic hydroxyl groups is 3. The summed E-state index contributed by atoms with van der Waals surface area (Å²) in [6.07, 6.45) is -0.691. The van der Waals surface area contributed by atoms with Crippen molar-refractivity contribution in [2.75, 3.05) is 21.3 Å². The number of carbonyl (C=O) groups is 2. The molecule has 1 rings (SSSR count). The van der Waals surface area contributed by atoms with E-state index < -0.39 is 48.1 Å². The predicted octanol–water partition coefficient (Wildman–Crippen LogP) is 0.277. The first-order chi connectivity index (χ1) is 12.7. The van der Waals surface area contributed by atoms with Crippen LogP contribution in [0, 0.1) is 0 Å². The van der Waals surface area contributed by atoms with Crippen LogP contribution in [0.25, 0.3) is 0 Å². The Labute approximate surface area is 159 Å². The molecule has 9 heteroatoms. The standard InChI is InChI=1S/C18H32O9/c1-5-6-7-8-9-10-18(26-4)14(21)13(20)15(27-18)17(23,16(22)25-3)11-12(19)24-2/h13-15,20-21,23H,5-11H2,1-4H3. The maximum atomic E-state index is 12.2. The normalized spacial score (nSPS) is 30.0. The molecule has 9 nitrogen and oxygen atoms in total. The first kappa shape index (κ1) is 23.8. The number of unbranched alkanes of at least 4 members (excludes halogenated alkanes) is 4. The van der Waals surface area contributed by atoms with E-state index in [0.29, 0.717) is 6.42 Å². The highest BCUT2D eigenvalue weighted by molar-refractivity contribution is 5.86. The van der Waals surface area contributed by atoms with Crippen molar-refractivity contribution in [2.24, 2.45) is 0 Å². The number of ether oxygens (including phenoxy) is 4. The lowest BCUT2D eigenvalue weighted by atomic mass is 9.87. The van der Waals surface area contributed by atoms with Crippen LogP contribution >= 0.6 is 0 Å². The molecule has 0 radical (unpaired) electrons. The van der Waals surface area contributed by atoms with Gasteiger partial charge in [-0.3, -0.25) is 4.79 Å². The van der Waals surface area contributed by atoms with E-state index in [2.05, 4.69) is 16.4 Å². The molecule has 0 bridgehead atoms. The highest BCUT2D eigenvalue weighted by atomic mass is 16.7. The van der Waals surface area contributed by atoms with Gasteiger partial charge in [0.15, 0.2) is 5.79 Å². The zero-order valence-corrected chi connectivity index (χ0v) is 16.5. The predicted molar refractivity (Wildman–Crippen MR) is 93.6 cm³/mol. The maximum Gasteiger partial charge on any atom is 0.341 e. The molecule has 0 aromatic rings. The van der Waals surface area contributed by atoms with Gasteiger partial charge < -0.3 is 34.3 Å². The first-order valence-electron chi connectivity index (χ1n) is 9.19. The minimum Gasteiger partial charge on any atom is -0.469 e. The van der Waals surface area contributed by atoms with Crippen LogP contribution < -0.4 is 0 Å². The van der Waals surface area contributed by atoms with Crippen molar-refractivity contribution < 1.29 is 43.9 Å². The smallest absolute Gasteiger partial charge is 0.341 e. The second-order valence-electron chi connectivity index (χ2n) is 6.82. The van der Waals surface area contributed by atoms with Crippen LogP contribution in [0.4, 0.5) is 0 Å². The fraction of sp³-hybridized carbons (Fsp3) is 0.889. The average molecular weight is 392 g/mol. The Morgan fingerprint density at radius 2 is 1.70 bits per heavy atom. The molecular formula is C18H32O9. The third kappa shape index (κ3) is 5.17. The second-order valence-corrected chi connectivity index (χ2v) is 6.82. The number of hydrogen-bond acceptors (Lipinski definition) is 9. The number of hydrogen-bond donors (Lipinski definition) is 3. The summed E-state index contributed by atoms with van der Waals surface area (Å²) in [4.78, 5) is 23.8. The topological polar surface area (TPSA) is 132 Å². The van der Waals surface area contributed by atoms with E-state index in [9.17, 15) is 24.9 Å². The van der Waals surface area contributed by atoms with E-state index >= 15 is 0 Å². The SMILES string of the molecule is CCCCCCCC1(OC)OC(C(O)(CC(=O)OC)C(=O)OC)C(O)C1O. The number of methoxy groups -OCH3 is 3. The van der Waals surface area contributed by atoms with Crippen molar-refractivity contribution in [1.82, 2.24) is 0 Å². The Kier molecular flexibility index (Phi) is 9.10. The zero-order chi connectivity index (χ0) is 20.7. The summed E-state index contributed by atoms with van der Waals surface area (Å²) < 4.78 is 20.1. The van der Waals surface area contributed by atoms with Crippen LogP contribution in [-0.2, 0) is 28.5 Å². The van der Waals surface area contributed by atoms with E-state index in [1.54, 1.807) is 0 Å². The lowest BCUT2D eigenvalue weighted by Gasteiger charge is -2.33. The van der Waals surface area contributed by atoms with Gasteiger partial charge in [0.25, 0.3) is 0 Å². The molecular weight excluding hydrogens is 360 g/mol. The summed E-state index contributed by atoms with van der Waals surface area (Å²) >= 11 is 0. The molecule has 1 aliphatic rings. The lowest BCUT2D eigenvalue weighted by Crippen LogP contribution is -2.56. The van der Waals surface area contributed by atoms with Crippen molar-refractivity contribution in [3.8, 4) is 0 Å². The Hall–Kier alpha value is -1.26. The van der Waals surface area contributed by atoms with Crippen LogP contribution in [0.1, 0.15) is 51.9 Å². The third-order valence-electron chi connectivity index (χ3n) is 5.04. The molecule has 0 aromatic carbocycles. The van der Waals surface area contributed by atoms with E-state index in [1.165, 1.54) is 7.11 Å². The van der Waals surface area contributed by atoms with Crippen LogP contribution in [0.2, 0.25) is 0 Å². The largest absolute Gasteiger partial charge is 0.469 e. The van der Waals surface area contributed by atoms with E-state index in [1.807, 2.05) is 0 Å². The number of rotatable bonds is 11. The van der Waals surface area contributed by atoms with E-state index in [4.69, 9.17) is 9.47 Å². The van der Waals surface area contributed by atoms with Gasteiger partial charge >= 0.3 is 11.9 Å². The summed E-state index contributed by atoms with van der Waals surface area (Å²) in [5.74, 6) is -3.68. The molecule has 0 aliphatic carbocycles. The van der Waals surface area contributed by atoms with Crippen molar-refractivity contribution in [2.45, 2.75) is 81.6 Å². The van der Waals surface area contributed by atoms with Crippen LogP contribution in [0.5, 0.6) is 0 Å². The van der Waals surface area contributed by atoms with E-state index in [0.717, 1.165) is 39.9 Å². The third-order valence-corrected chi connectivity index (χ3v) is 5.04. The maximum absolute atomic E-state index is 12.2. The Balaban J connectivity index is 3.02. The molecule has 0 aromatic heterocycles. The van der Waals surface area contributed by atoms with Gasteiger partial charge in [-0.1, -0.05) is 32.6 Å². The molecule has 1 saturated heterocycles. The van der Waals surface area contributed by atoms with Crippen LogP contribution in [0.3, 0.4) is 0 Å². The van der Waals surface area contributed by atoms with Crippen molar-refractivity contribution in [3.63, 3.8) is 0 Å². The van der Waals surface area contributed by atoms with Crippen LogP contribution in [-0.4, -0.2) is 78.3 Å². The van der Waals surface area contributed by atoms with E-state index in [-0.39, 0.29) is 6.42 Å². The minimum atomic E-state index is -2.54. The summed E-state index contributed by atoms with van der Waals surface area (Å²) in [5.41, 5.74) is -2.54. The molecule has 3 N–H and O–H groups in total. The highest BCUT2D eigenvalue weighted by Crippen LogP contribution is 2.41. The fourth-order valence-electron chi connectivity index (χ4n) is 3.37. The van der Waals surface area contributed by atoms with Gasteiger partial charge in [-0.15, -0.1) is 0 Å². The van der Waals surface area contributed by atoms with Gasteiger partial charge in [-0.25, -0.2) is 4.79 Å². The number of carbonyl (C=O) groups excluding carboxylic acids is 2. The molecule has 1 fully saturated rings. The average Bonchev–Trinajstić information content (AvgIpc) is 2.93. The number of aliphatic hydroxyl groups excluding tert-OH is 2. The van der Waals surface area contributed by atoms with Gasteiger partial charge in [0.05, 0.1) is 20.6 Å². The molecule has 0 spiro atoms. The van der Waals surface area contributed by atoms with Gasteiger partial charge in [-0.05, 0) is 6.42 Å². The molecule has 5 unspecified atom stereocenters. The fourth-order valence-corrected chi connectivity index (χ4v) is 3.37. The second kappa shape index (κ2) is 10.3. The molecule has 1 heterocycles. The summed E-state index contributed by atoms with van der Waals surface area (Å²) in [6, 6.07) is 0. The summed E-state index contributed by atoms with van der Waals surface area (Å²) in [6.45, 7) is 2.09. The van der Waals surface area contributed by atoms with Gasteiger partial charge in [0.2, 0.25) is 5.60 Å². The monoisotopic (exact) mass is 392 g/mol. The summed E-state index contributed by atoms with van der Waals surface area (Å²) in [7, 11) is 3.43.